The third-order valence-corrected chi connectivity index (χ3v) is 6.48. The number of nitrogens with zero attached hydrogens (tertiary/aromatic N) is 2. The van der Waals surface area contributed by atoms with Crippen molar-refractivity contribution in [2.75, 3.05) is 28.3 Å². The topological polar surface area (TPSA) is 75.4 Å². The lowest BCUT2D eigenvalue weighted by Crippen LogP contribution is -2.43. The normalized spacial score (nSPS) is 14.2. The van der Waals surface area contributed by atoms with E-state index < -0.39 is 11.7 Å². The zero-order valence-electron chi connectivity index (χ0n) is 17.7. The predicted octanol–water partition coefficient (Wildman–Crippen LogP) is 4.90. The number of nitrogens with one attached hydrogen (secondary N) is 1. The summed E-state index contributed by atoms with van der Waals surface area (Å²) in [4.78, 5) is 31.4. The summed E-state index contributed by atoms with van der Waals surface area (Å²) in [6.07, 6.45) is 4.36. The van der Waals surface area contributed by atoms with Crippen LogP contribution in [0.1, 0.15) is 18.4 Å². The molecule has 32 heavy (non-hydrogen) atoms. The molecule has 0 spiro atoms. The Labute approximate surface area is 190 Å². The van der Waals surface area contributed by atoms with Gasteiger partial charge in [0.25, 0.3) is 0 Å². The van der Waals surface area contributed by atoms with E-state index in [1.54, 1.807) is 31.2 Å². The van der Waals surface area contributed by atoms with Crippen LogP contribution in [0.3, 0.4) is 0 Å². The molecule has 1 saturated heterocycles. The van der Waals surface area contributed by atoms with Crippen LogP contribution in [0.25, 0.3) is 11.3 Å². The van der Waals surface area contributed by atoms with Crippen LogP contribution < -0.4 is 10.2 Å². The molecule has 6 nitrogen and oxygen atoms in total. The van der Waals surface area contributed by atoms with Crippen molar-refractivity contribution in [3.8, 4) is 11.3 Å². The van der Waals surface area contributed by atoms with E-state index in [1.165, 1.54) is 23.6 Å². The minimum atomic E-state index is -0.506. The SMILES string of the molecule is Cc1ccc(N(CC(=O)Nc2ccc(-c3cocn3)cc2)C(=O)C2CCSCC2)c(F)c1. The van der Waals surface area contributed by atoms with Crippen molar-refractivity contribution in [3.63, 3.8) is 0 Å². The Kier molecular flexibility index (Phi) is 6.90. The number of hydrogen-bond acceptors (Lipinski definition) is 5. The highest BCUT2D eigenvalue weighted by atomic mass is 32.2. The number of carbonyl (C=O) groups is 2. The highest BCUT2D eigenvalue weighted by Crippen LogP contribution is 2.28. The molecule has 0 bridgehead atoms. The summed E-state index contributed by atoms with van der Waals surface area (Å²) in [6, 6.07) is 11.8. The van der Waals surface area contributed by atoms with Crippen LogP contribution in [-0.2, 0) is 9.59 Å². The molecule has 0 radical (unpaired) electrons. The van der Waals surface area contributed by atoms with E-state index in [4.69, 9.17) is 4.42 Å². The second kappa shape index (κ2) is 9.99. The fourth-order valence-electron chi connectivity index (χ4n) is 3.70. The maximum Gasteiger partial charge on any atom is 0.244 e. The van der Waals surface area contributed by atoms with Crippen LogP contribution in [0, 0.1) is 18.7 Å². The van der Waals surface area contributed by atoms with E-state index in [0.29, 0.717) is 11.4 Å². The maximum absolute atomic E-state index is 14.7. The lowest BCUT2D eigenvalue weighted by Gasteiger charge is -2.29. The molecule has 1 N–H and O–H groups in total. The molecule has 2 heterocycles. The highest BCUT2D eigenvalue weighted by molar-refractivity contribution is 7.99. The molecular formula is C24H24FN3O3S. The maximum atomic E-state index is 14.7. The standard InChI is InChI=1S/C24H24FN3O3S/c1-16-2-7-22(20(25)12-16)28(24(30)18-8-10-32-11-9-18)13-23(29)27-19-5-3-17(4-6-19)21-14-31-15-26-21/h2-7,12,14-15,18H,8-11,13H2,1H3,(H,27,29). The van der Waals surface area contributed by atoms with Crippen molar-refractivity contribution in [1.82, 2.24) is 4.98 Å². The van der Waals surface area contributed by atoms with Crippen LogP contribution in [0.4, 0.5) is 15.8 Å². The number of halogens is 1. The second-order valence-corrected chi connectivity index (χ2v) is 8.99. The highest BCUT2D eigenvalue weighted by Gasteiger charge is 2.30. The van der Waals surface area contributed by atoms with Gasteiger partial charge in [0.05, 0.1) is 5.69 Å². The van der Waals surface area contributed by atoms with Gasteiger partial charge in [0.1, 0.15) is 24.3 Å². The lowest BCUT2D eigenvalue weighted by molar-refractivity contribution is -0.124. The third kappa shape index (κ3) is 5.19. The predicted molar refractivity (Wildman–Crippen MR) is 124 cm³/mol. The van der Waals surface area contributed by atoms with Gasteiger partial charge >= 0.3 is 0 Å². The first-order valence-electron chi connectivity index (χ1n) is 10.4. The molecule has 4 rings (SSSR count). The van der Waals surface area contributed by atoms with Crippen LogP contribution in [-0.4, -0.2) is 34.8 Å². The Hall–Kier alpha value is -3.13. The molecule has 0 atom stereocenters. The molecule has 1 aromatic heterocycles. The number of oxazole rings is 1. The van der Waals surface area contributed by atoms with Crippen LogP contribution >= 0.6 is 11.8 Å². The minimum absolute atomic E-state index is 0.135. The summed E-state index contributed by atoms with van der Waals surface area (Å²) in [5.74, 6) is 0.483. The summed E-state index contributed by atoms with van der Waals surface area (Å²) in [6.45, 7) is 1.53. The number of amides is 2. The molecule has 8 heteroatoms. The fraction of sp³-hybridized carbons (Fsp3) is 0.292. The van der Waals surface area contributed by atoms with Gasteiger partial charge in [0.15, 0.2) is 6.39 Å². The summed E-state index contributed by atoms with van der Waals surface area (Å²) < 4.78 is 19.7. The van der Waals surface area contributed by atoms with Gasteiger partial charge < -0.3 is 9.73 Å². The van der Waals surface area contributed by atoms with Crippen molar-refractivity contribution in [2.24, 2.45) is 5.92 Å². The molecule has 0 aliphatic carbocycles. The van der Waals surface area contributed by atoms with Crippen molar-refractivity contribution in [3.05, 3.63) is 66.5 Å². The zero-order chi connectivity index (χ0) is 22.5. The Bertz CT molecular complexity index is 1080. The smallest absolute Gasteiger partial charge is 0.244 e. The quantitative estimate of drug-likeness (QED) is 0.574. The number of aryl methyl sites for hydroxylation is 1. The molecular weight excluding hydrogens is 429 g/mol. The average molecular weight is 454 g/mol. The molecule has 1 aliphatic heterocycles. The minimum Gasteiger partial charge on any atom is -0.451 e. The van der Waals surface area contributed by atoms with Gasteiger partial charge in [0, 0.05) is 17.2 Å². The Balaban J connectivity index is 1.50. The van der Waals surface area contributed by atoms with E-state index >= 15 is 0 Å². The molecule has 2 amide bonds. The molecule has 0 saturated carbocycles. The van der Waals surface area contributed by atoms with Crippen LogP contribution in [0.15, 0.2) is 59.5 Å². The van der Waals surface area contributed by atoms with E-state index in [9.17, 15) is 14.0 Å². The lowest BCUT2D eigenvalue weighted by atomic mass is 10.0. The van der Waals surface area contributed by atoms with Crippen molar-refractivity contribution in [1.29, 1.82) is 0 Å². The summed E-state index contributed by atoms with van der Waals surface area (Å²) >= 11 is 1.81. The van der Waals surface area contributed by atoms with Gasteiger partial charge in [-0.2, -0.15) is 11.8 Å². The third-order valence-electron chi connectivity index (χ3n) is 5.43. The van der Waals surface area contributed by atoms with Gasteiger partial charge in [0.2, 0.25) is 11.8 Å². The average Bonchev–Trinajstić information content (AvgIpc) is 3.33. The van der Waals surface area contributed by atoms with E-state index in [2.05, 4.69) is 10.3 Å². The van der Waals surface area contributed by atoms with Gasteiger partial charge in [-0.15, -0.1) is 0 Å². The first-order valence-corrected chi connectivity index (χ1v) is 11.6. The van der Waals surface area contributed by atoms with Crippen LogP contribution in [0.2, 0.25) is 0 Å². The van der Waals surface area contributed by atoms with Crippen molar-refractivity contribution in [2.45, 2.75) is 19.8 Å². The van der Waals surface area contributed by atoms with Crippen LogP contribution in [0.5, 0.6) is 0 Å². The number of aromatic nitrogens is 1. The molecule has 2 aromatic carbocycles. The van der Waals surface area contributed by atoms with Gasteiger partial charge in [-0.25, -0.2) is 9.37 Å². The van der Waals surface area contributed by atoms with E-state index in [1.807, 2.05) is 23.9 Å². The number of rotatable bonds is 6. The van der Waals surface area contributed by atoms with E-state index in [-0.39, 0.29) is 24.1 Å². The summed E-state index contributed by atoms with van der Waals surface area (Å²) in [5, 5.41) is 2.80. The zero-order valence-corrected chi connectivity index (χ0v) is 18.5. The number of benzene rings is 2. The molecule has 1 fully saturated rings. The molecule has 0 unspecified atom stereocenters. The first-order chi connectivity index (χ1) is 15.5. The van der Waals surface area contributed by atoms with E-state index in [0.717, 1.165) is 35.5 Å². The van der Waals surface area contributed by atoms with Gasteiger partial charge in [-0.05, 0) is 61.1 Å². The molecule has 1 aliphatic rings. The number of carbonyl (C=O) groups excluding carboxylic acids is 2. The molecule has 3 aromatic rings. The fourth-order valence-corrected chi connectivity index (χ4v) is 4.81. The Morgan fingerprint density at radius 3 is 2.59 bits per heavy atom. The Morgan fingerprint density at radius 2 is 1.94 bits per heavy atom. The number of anilines is 2. The Morgan fingerprint density at radius 1 is 1.19 bits per heavy atom. The van der Waals surface area contributed by atoms with Crippen molar-refractivity contribution < 1.29 is 18.4 Å². The molecule has 166 valence electrons. The first kappa shape index (κ1) is 22.1. The number of hydrogen-bond donors (Lipinski definition) is 1. The summed E-state index contributed by atoms with van der Waals surface area (Å²) in [7, 11) is 0. The largest absolute Gasteiger partial charge is 0.451 e. The monoisotopic (exact) mass is 453 g/mol. The second-order valence-electron chi connectivity index (χ2n) is 7.77. The number of thioether (sulfide) groups is 1. The van der Waals surface area contributed by atoms with Gasteiger partial charge in [-0.1, -0.05) is 18.2 Å². The van der Waals surface area contributed by atoms with Crippen molar-refractivity contribution >= 4 is 35.0 Å². The summed E-state index contributed by atoms with van der Waals surface area (Å²) in [5.41, 5.74) is 3.01. The van der Waals surface area contributed by atoms with Gasteiger partial charge in [-0.3, -0.25) is 14.5 Å².